The van der Waals surface area contributed by atoms with Crippen LogP contribution >= 0.6 is 0 Å². The van der Waals surface area contributed by atoms with Gasteiger partial charge in [-0.3, -0.25) is 9.79 Å². The average Bonchev–Trinajstić information content (AvgIpc) is 3.37. The Morgan fingerprint density at radius 3 is 2.85 bits per heavy atom. The van der Waals surface area contributed by atoms with Gasteiger partial charge in [-0.25, -0.2) is 4.68 Å². The van der Waals surface area contributed by atoms with E-state index in [4.69, 9.17) is 4.74 Å². The van der Waals surface area contributed by atoms with Crippen molar-refractivity contribution in [2.75, 3.05) is 31.6 Å². The highest BCUT2D eigenvalue weighted by atomic mass is 16.5. The number of carbonyl (C=O) groups is 1. The van der Waals surface area contributed by atoms with E-state index in [9.17, 15) is 4.79 Å². The number of rotatable bonds is 9. The van der Waals surface area contributed by atoms with Gasteiger partial charge in [0, 0.05) is 37.6 Å². The molecule has 3 aromatic rings. The summed E-state index contributed by atoms with van der Waals surface area (Å²) in [6, 6.07) is 16.1. The van der Waals surface area contributed by atoms with Gasteiger partial charge >= 0.3 is 0 Å². The predicted molar refractivity (Wildman–Crippen MR) is 130 cm³/mol. The van der Waals surface area contributed by atoms with E-state index in [2.05, 4.69) is 50.3 Å². The number of carbonyl (C=O) groups excluding carboxylic acids is 1. The third-order valence-corrected chi connectivity index (χ3v) is 5.36. The molecule has 2 aromatic carbocycles. The number of anilines is 1. The zero-order valence-corrected chi connectivity index (χ0v) is 18.9. The quantitative estimate of drug-likeness (QED) is 0.267. The molecule has 0 aliphatic carbocycles. The van der Waals surface area contributed by atoms with Crippen molar-refractivity contribution in [2.24, 2.45) is 4.99 Å². The molecule has 0 spiro atoms. The molecular weight excluding hydrogens is 416 g/mol. The Morgan fingerprint density at radius 2 is 2.06 bits per heavy atom. The zero-order valence-electron chi connectivity index (χ0n) is 18.9. The Hall–Kier alpha value is -3.81. The molecule has 0 saturated heterocycles. The number of nitrogens with one attached hydrogen (secondary N) is 3. The molecule has 0 radical (unpaired) electrons. The molecule has 1 aliphatic rings. The lowest BCUT2D eigenvalue weighted by Crippen LogP contribution is -2.39. The molecule has 1 aliphatic heterocycles. The fraction of sp³-hybridized carbons (Fsp3) is 0.320. The largest absolute Gasteiger partial charge is 0.492 e. The topological polar surface area (TPSA) is 92.6 Å². The van der Waals surface area contributed by atoms with Gasteiger partial charge in [0.05, 0.1) is 12.2 Å². The second kappa shape index (κ2) is 11.2. The monoisotopic (exact) mass is 446 g/mol. The summed E-state index contributed by atoms with van der Waals surface area (Å²) < 4.78 is 7.72. The van der Waals surface area contributed by atoms with Crippen LogP contribution in [0, 0.1) is 0 Å². The summed E-state index contributed by atoms with van der Waals surface area (Å²) in [4.78, 5) is 16.2. The number of hydrogen-bond acceptors (Lipinski definition) is 4. The van der Waals surface area contributed by atoms with Gasteiger partial charge < -0.3 is 20.7 Å². The third kappa shape index (κ3) is 6.35. The molecule has 3 N–H and O–H groups in total. The Balaban J connectivity index is 1.22. The molecule has 0 unspecified atom stereocenters. The van der Waals surface area contributed by atoms with Gasteiger partial charge in [-0.05, 0) is 67.3 Å². The predicted octanol–water partition coefficient (Wildman–Crippen LogP) is 2.93. The highest BCUT2D eigenvalue weighted by molar-refractivity contribution is 5.94. The van der Waals surface area contributed by atoms with E-state index in [0.717, 1.165) is 48.0 Å². The molecule has 0 fully saturated rings. The number of aromatic nitrogens is 2. The number of aliphatic imine (C=N–C) groups is 1. The molecule has 1 aromatic heterocycles. The third-order valence-electron chi connectivity index (χ3n) is 5.36. The van der Waals surface area contributed by atoms with Crippen molar-refractivity contribution in [3.05, 3.63) is 72.1 Å². The van der Waals surface area contributed by atoms with E-state index >= 15 is 0 Å². The number of guanidine groups is 1. The van der Waals surface area contributed by atoms with E-state index in [0.29, 0.717) is 26.1 Å². The van der Waals surface area contributed by atoms with Gasteiger partial charge in [0.15, 0.2) is 5.96 Å². The number of aryl methyl sites for hydroxylation is 1. The number of benzene rings is 2. The van der Waals surface area contributed by atoms with Crippen molar-refractivity contribution in [3.8, 4) is 11.4 Å². The summed E-state index contributed by atoms with van der Waals surface area (Å²) in [6.45, 7) is 4.69. The maximum atomic E-state index is 11.5. The van der Waals surface area contributed by atoms with Gasteiger partial charge in [0.2, 0.25) is 5.91 Å². The molecule has 0 saturated carbocycles. The second-order valence-electron chi connectivity index (χ2n) is 7.77. The van der Waals surface area contributed by atoms with Crippen LogP contribution in [0.15, 0.2) is 65.9 Å². The zero-order chi connectivity index (χ0) is 22.9. The van der Waals surface area contributed by atoms with Crippen LogP contribution in [0.4, 0.5) is 5.69 Å². The highest BCUT2D eigenvalue weighted by Gasteiger charge is 2.14. The summed E-state index contributed by atoms with van der Waals surface area (Å²) in [5, 5.41) is 13.7. The Kier molecular flexibility index (Phi) is 7.58. The summed E-state index contributed by atoms with van der Waals surface area (Å²) in [6.07, 6.45) is 5.84. The molecule has 33 heavy (non-hydrogen) atoms. The number of amides is 1. The summed E-state index contributed by atoms with van der Waals surface area (Å²) in [7, 11) is 0. The van der Waals surface area contributed by atoms with Crippen molar-refractivity contribution in [1.82, 2.24) is 20.4 Å². The van der Waals surface area contributed by atoms with Gasteiger partial charge in [-0.2, -0.15) is 5.10 Å². The number of fused-ring (bicyclic) bond motifs is 1. The molecule has 2 heterocycles. The standard InChI is InChI=1S/C25H30N6O2/c1-2-26-25(27-14-12-19-4-7-21(8-5-19)31-16-3-13-29-31)28-15-17-33-22-9-10-23-20(18-22)6-11-24(32)30-23/h3-5,7-10,13,16,18H,2,6,11-12,14-15,17H2,1H3,(H,30,32)(H2,26,27,28). The minimum absolute atomic E-state index is 0.0712. The van der Waals surface area contributed by atoms with Crippen LogP contribution in [0.1, 0.15) is 24.5 Å². The Labute approximate surface area is 194 Å². The SMILES string of the molecule is CCNC(=NCCc1ccc(-n2cccn2)cc1)NCCOc1ccc2c(c1)CCC(=O)N2. The van der Waals surface area contributed by atoms with Crippen LogP contribution in [-0.4, -0.2) is 47.9 Å². The van der Waals surface area contributed by atoms with E-state index < -0.39 is 0 Å². The van der Waals surface area contributed by atoms with Crippen molar-refractivity contribution < 1.29 is 9.53 Å². The second-order valence-corrected chi connectivity index (χ2v) is 7.77. The molecule has 172 valence electrons. The van der Waals surface area contributed by atoms with Gasteiger partial charge in [-0.15, -0.1) is 0 Å². The van der Waals surface area contributed by atoms with Gasteiger partial charge in [-0.1, -0.05) is 12.1 Å². The number of nitrogens with zero attached hydrogens (tertiary/aromatic N) is 3. The van der Waals surface area contributed by atoms with Gasteiger partial charge in [0.1, 0.15) is 12.4 Å². The van der Waals surface area contributed by atoms with E-state index in [1.54, 1.807) is 6.20 Å². The van der Waals surface area contributed by atoms with Crippen LogP contribution in [0.5, 0.6) is 5.75 Å². The van der Waals surface area contributed by atoms with Crippen molar-refractivity contribution in [2.45, 2.75) is 26.2 Å². The van der Waals surface area contributed by atoms with Crippen molar-refractivity contribution in [3.63, 3.8) is 0 Å². The van der Waals surface area contributed by atoms with Crippen LogP contribution in [0.25, 0.3) is 5.69 Å². The highest BCUT2D eigenvalue weighted by Crippen LogP contribution is 2.26. The fourth-order valence-electron chi connectivity index (χ4n) is 3.66. The lowest BCUT2D eigenvalue weighted by molar-refractivity contribution is -0.116. The average molecular weight is 447 g/mol. The van der Waals surface area contributed by atoms with Crippen LogP contribution in [0.3, 0.4) is 0 Å². The first-order valence-electron chi connectivity index (χ1n) is 11.4. The number of hydrogen-bond donors (Lipinski definition) is 3. The van der Waals surface area contributed by atoms with Crippen LogP contribution in [0.2, 0.25) is 0 Å². The van der Waals surface area contributed by atoms with Gasteiger partial charge in [0.25, 0.3) is 0 Å². The Bertz CT molecular complexity index is 1080. The molecule has 0 atom stereocenters. The Morgan fingerprint density at radius 1 is 1.18 bits per heavy atom. The van der Waals surface area contributed by atoms with Crippen molar-refractivity contribution in [1.29, 1.82) is 0 Å². The smallest absolute Gasteiger partial charge is 0.224 e. The first-order valence-corrected chi connectivity index (χ1v) is 11.4. The van der Waals surface area contributed by atoms with E-state index in [1.165, 1.54) is 5.56 Å². The molecule has 4 rings (SSSR count). The van der Waals surface area contributed by atoms with Crippen LogP contribution in [-0.2, 0) is 17.6 Å². The molecule has 8 nitrogen and oxygen atoms in total. The first kappa shape index (κ1) is 22.4. The lowest BCUT2D eigenvalue weighted by atomic mass is 10.0. The summed E-state index contributed by atoms with van der Waals surface area (Å²) >= 11 is 0. The maximum absolute atomic E-state index is 11.5. The van der Waals surface area contributed by atoms with Crippen LogP contribution < -0.4 is 20.7 Å². The fourth-order valence-corrected chi connectivity index (χ4v) is 3.66. The molecule has 1 amide bonds. The minimum Gasteiger partial charge on any atom is -0.492 e. The number of ether oxygens (including phenoxy) is 1. The molecule has 8 heteroatoms. The first-order chi connectivity index (χ1) is 16.2. The molecular formula is C25H30N6O2. The normalized spacial score (nSPS) is 13.2. The van der Waals surface area contributed by atoms with E-state index in [1.807, 2.05) is 42.1 Å². The maximum Gasteiger partial charge on any atom is 0.224 e. The minimum atomic E-state index is 0.0712. The summed E-state index contributed by atoms with van der Waals surface area (Å²) in [5.74, 6) is 1.66. The van der Waals surface area contributed by atoms with E-state index in [-0.39, 0.29) is 5.91 Å². The van der Waals surface area contributed by atoms with Crippen molar-refractivity contribution >= 4 is 17.6 Å². The lowest BCUT2D eigenvalue weighted by Gasteiger charge is -2.18. The molecule has 0 bridgehead atoms. The summed E-state index contributed by atoms with van der Waals surface area (Å²) in [5.41, 5.74) is 4.28.